The molecular weight excluding hydrogens is 422 g/mol. The summed E-state index contributed by atoms with van der Waals surface area (Å²) in [5, 5.41) is 4.59. The van der Waals surface area contributed by atoms with Gasteiger partial charge in [0.05, 0.1) is 16.1 Å². The fraction of sp³-hybridized carbons (Fsp3) is 0.286. The number of nitrogens with zero attached hydrogens (tertiary/aromatic N) is 1. The Kier molecular flexibility index (Phi) is 7.40. The summed E-state index contributed by atoms with van der Waals surface area (Å²) < 4.78 is 31.5. The van der Waals surface area contributed by atoms with Crippen LogP contribution in [0.2, 0.25) is 0 Å². The Hall–Kier alpha value is -3.40. The monoisotopic (exact) mass is 447 g/mol. The number of rotatable bonds is 6. The van der Waals surface area contributed by atoms with Gasteiger partial charge in [-0.2, -0.15) is 0 Å². The average molecular weight is 448 g/mol. The molecule has 0 saturated carbocycles. The molecule has 10 heteroatoms. The fourth-order valence-corrected chi connectivity index (χ4v) is 3.64. The molecule has 0 unspecified atom stereocenters. The van der Waals surface area contributed by atoms with Crippen LogP contribution in [0, 0.1) is 0 Å². The third-order valence-corrected chi connectivity index (χ3v) is 5.74. The molecule has 2 aromatic carbocycles. The number of para-hydroxylation sites is 1. The summed E-state index contributed by atoms with van der Waals surface area (Å²) in [6.07, 6.45) is 0. The minimum absolute atomic E-state index is 0.00741. The molecule has 2 aromatic rings. The first-order chi connectivity index (χ1) is 14.4. The van der Waals surface area contributed by atoms with Gasteiger partial charge in [-0.05, 0) is 57.2 Å². The molecule has 9 nitrogen and oxygen atoms in total. The van der Waals surface area contributed by atoms with Crippen molar-refractivity contribution in [1.29, 1.82) is 0 Å². The largest absolute Gasteiger partial charge is 0.452 e. The number of hydrogen-bond donors (Lipinski definition) is 2. The van der Waals surface area contributed by atoms with E-state index in [1.807, 2.05) is 5.32 Å². The fourth-order valence-electron chi connectivity index (χ4n) is 2.45. The van der Waals surface area contributed by atoms with Crippen molar-refractivity contribution in [1.82, 2.24) is 10.6 Å². The molecule has 0 fully saturated rings. The van der Waals surface area contributed by atoms with Gasteiger partial charge in [-0.25, -0.2) is 18.0 Å². The maximum atomic E-state index is 12.7. The number of anilines is 1. The minimum atomic E-state index is -3.82. The number of nitrogens with one attached hydrogen (secondary N) is 2. The van der Waals surface area contributed by atoms with Crippen LogP contribution in [0.3, 0.4) is 0 Å². The number of ether oxygens (including phenoxy) is 1. The normalized spacial score (nSPS) is 11.4. The summed E-state index contributed by atoms with van der Waals surface area (Å²) in [6, 6.07) is 13.0. The summed E-state index contributed by atoms with van der Waals surface area (Å²) in [5.74, 6) is -1.62. The molecule has 2 rings (SSSR count). The van der Waals surface area contributed by atoms with E-state index in [1.54, 1.807) is 51.1 Å². The molecule has 0 spiro atoms. The van der Waals surface area contributed by atoms with E-state index in [0.29, 0.717) is 5.69 Å². The molecule has 3 amide bonds. The molecule has 0 aliphatic carbocycles. The first kappa shape index (κ1) is 23.9. The minimum Gasteiger partial charge on any atom is -0.452 e. The molecule has 0 aliphatic rings. The van der Waals surface area contributed by atoms with Crippen molar-refractivity contribution < 1.29 is 27.5 Å². The number of esters is 1. The number of carbonyl (C=O) groups excluding carboxylic acids is 3. The van der Waals surface area contributed by atoms with Crippen molar-refractivity contribution >= 4 is 33.6 Å². The number of hydrogen-bond acceptors (Lipinski definition) is 6. The lowest BCUT2D eigenvalue weighted by atomic mass is 10.1. The lowest BCUT2D eigenvalue weighted by Gasteiger charge is -2.20. The van der Waals surface area contributed by atoms with E-state index in [4.69, 9.17) is 4.74 Å². The number of urea groups is 1. The van der Waals surface area contributed by atoms with Crippen LogP contribution < -0.4 is 14.9 Å². The van der Waals surface area contributed by atoms with Crippen LogP contribution in [0.25, 0.3) is 0 Å². The summed E-state index contributed by atoms with van der Waals surface area (Å²) in [4.78, 5) is 35.5. The van der Waals surface area contributed by atoms with Gasteiger partial charge >= 0.3 is 12.0 Å². The van der Waals surface area contributed by atoms with Gasteiger partial charge in [0.15, 0.2) is 6.61 Å². The molecule has 0 atom stereocenters. The maximum Gasteiger partial charge on any atom is 0.338 e. The SMILES string of the molecule is CN(c1ccccc1)S(=O)(=O)c1ccc(C(=O)OCC(=O)NC(=O)NC(C)(C)C)cc1. The third-order valence-electron chi connectivity index (χ3n) is 3.94. The Morgan fingerprint density at radius 3 is 2.10 bits per heavy atom. The van der Waals surface area contributed by atoms with Crippen molar-refractivity contribution in [3.8, 4) is 0 Å². The first-order valence-corrected chi connectivity index (χ1v) is 10.8. The number of sulfonamides is 1. The van der Waals surface area contributed by atoms with Crippen molar-refractivity contribution in [3.63, 3.8) is 0 Å². The van der Waals surface area contributed by atoms with E-state index in [1.165, 1.54) is 31.3 Å². The van der Waals surface area contributed by atoms with Gasteiger partial charge in [-0.15, -0.1) is 0 Å². The Balaban J connectivity index is 1.97. The maximum absolute atomic E-state index is 12.7. The molecule has 31 heavy (non-hydrogen) atoms. The molecule has 0 bridgehead atoms. The molecule has 0 heterocycles. The van der Waals surface area contributed by atoms with Crippen LogP contribution in [0.15, 0.2) is 59.5 Å². The summed E-state index contributed by atoms with van der Waals surface area (Å²) in [6.45, 7) is 4.59. The zero-order valence-corrected chi connectivity index (χ0v) is 18.5. The molecule has 0 aliphatic heterocycles. The third kappa shape index (κ3) is 6.82. The van der Waals surface area contributed by atoms with Crippen LogP contribution in [-0.2, 0) is 19.6 Å². The standard InChI is InChI=1S/C21H25N3O6S/c1-21(2,3)23-20(27)22-18(25)14-30-19(26)15-10-12-17(13-11-15)31(28,29)24(4)16-8-6-5-7-9-16/h5-13H,14H2,1-4H3,(H2,22,23,25,27). The highest BCUT2D eigenvalue weighted by atomic mass is 32.2. The van der Waals surface area contributed by atoms with Gasteiger partial charge in [0.25, 0.3) is 15.9 Å². The Morgan fingerprint density at radius 1 is 0.968 bits per heavy atom. The van der Waals surface area contributed by atoms with Gasteiger partial charge in [0.2, 0.25) is 0 Å². The van der Waals surface area contributed by atoms with E-state index in [-0.39, 0.29) is 10.5 Å². The highest BCUT2D eigenvalue weighted by Gasteiger charge is 2.22. The van der Waals surface area contributed by atoms with Gasteiger partial charge < -0.3 is 10.1 Å². The quantitative estimate of drug-likeness (QED) is 0.655. The molecule has 0 saturated heterocycles. The topological polar surface area (TPSA) is 122 Å². The van der Waals surface area contributed by atoms with Gasteiger partial charge in [0, 0.05) is 12.6 Å². The van der Waals surface area contributed by atoms with E-state index in [9.17, 15) is 22.8 Å². The van der Waals surface area contributed by atoms with E-state index >= 15 is 0 Å². The van der Waals surface area contributed by atoms with E-state index < -0.39 is 40.1 Å². The van der Waals surface area contributed by atoms with Crippen molar-refractivity contribution in [3.05, 3.63) is 60.2 Å². The van der Waals surface area contributed by atoms with Gasteiger partial charge in [-0.1, -0.05) is 18.2 Å². The molecular formula is C21H25N3O6S. The zero-order chi connectivity index (χ0) is 23.2. The molecule has 0 radical (unpaired) electrons. The van der Waals surface area contributed by atoms with Crippen LogP contribution in [0.1, 0.15) is 31.1 Å². The summed E-state index contributed by atoms with van der Waals surface area (Å²) in [7, 11) is -2.38. The van der Waals surface area contributed by atoms with Gasteiger partial charge in [-0.3, -0.25) is 14.4 Å². The number of imide groups is 1. The highest BCUT2D eigenvalue weighted by molar-refractivity contribution is 7.92. The smallest absolute Gasteiger partial charge is 0.338 e. The molecule has 0 aromatic heterocycles. The van der Waals surface area contributed by atoms with Crippen molar-refractivity contribution in [2.24, 2.45) is 0 Å². The Bertz CT molecular complexity index is 1040. The van der Waals surface area contributed by atoms with Crippen LogP contribution in [-0.4, -0.2) is 45.5 Å². The van der Waals surface area contributed by atoms with Crippen LogP contribution in [0.5, 0.6) is 0 Å². The second-order valence-corrected chi connectivity index (χ2v) is 9.63. The van der Waals surface area contributed by atoms with Crippen molar-refractivity contribution in [2.75, 3.05) is 18.0 Å². The number of carbonyl (C=O) groups is 3. The molecule has 166 valence electrons. The lowest BCUT2D eigenvalue weighted by Crippen LogP contribution is -2.49. The number of benzene rings is 2. The zero-order valence-electron chi connectivity index (χ0n) is 17.7. The Labute approximate surface area is 181 Å². The molecule has 2 N–H and O–H groups in total. The first-order valence-electron chi connectivity index (χ1n) is 9.33. The van der Waals surface area contributed by atoms with E-state index in [0.717, 1.165) is 4.31 Å². The van der Waals surface area contributed by atoms with Crippen LogP contribution >= 0.6 is 0 Å². The Morgan fingerprint density at radius 2 is 1.55 bits per heavy atom. The predicted octanol–water partition coefficient (Wildman–Crippen LogP) is 2.29. The predicted molar refractivity (Wildman–Crippen MR) is 115 cm³/mol. The van der Waals surface area contributed by atoms with Gasteiger partial charge in [0.1, 0.15) is 0 Å². The van der Waals surface area contributed by atoms with E-state index in [2.05, 4.69) is 5.32 Å². The second kappa shape index (κ2) is 9.61. The van der Waals surface area contributed by atoms with Crippen molar-refractivity contribution in [2.45, 2.75) is 31.2 Å². The lowest BCUT2D eigenvalue weighted by molar-refractivity contribution is -0.123. The number of amides is 3. The van der Waals surface area contributed by atoms with Crippen LogP contribution in [0.4, 0.5) is 10.5 Å². The second-order valence-electron chi connectivity index (χ2n) is 7.66. The average Bonchev–Trinajstić information content (AvgIpc) is 2.70. The highest BCUT2D eigenvalue weighted by Crippen LogP contribution is 2.22. The summed E-state index contributed by atoms with van der Waals surface area (Å²) in [5.41, 5.74) is 0.0262. The summed E-state index contributed by atoms with van der Waals surface area (Å²) >= 11 is 0.